The minimum Gasteiger partial charge on any atom is -0.379 e. The van der Waals surface area contributed by atoms with Crippen molar-refractivity contribution in [3.63, 3.8) is 0 Å². The highest BCUT2D eigenvalue weighted by Gasteiger charge is 2.30. The van der Waals surface area contributed by atoms with Gasteiger partial charge in [-0.05, 0) is 31.0 Å². The maximum absolute atomic E-state index is 12.9. The number of benzene rings is 1. The lowest BCUT2D eigenvalue weighted by atomic mass is 10.0. The molecule has 0 radical (unpaired) electrons. The fourth-order valence-corrected chi connectivity index (χ4v) is 5.55. The third-order valence-corrected chi connectivity index (χ3v) is 7.80. The molecule has 1 aromatic rings. The van der Waals surface area contributed by atoms with Gasteiger partial charge < -0.3 is 15.0 Å². The molecule has 3 rings (SSSR count). The SMILES string of the molecule is CC(C)C(=O)N1CCC(NC(=O)c2ccc(Cl)c(S(=O)(=O)N3CCOCC3)c2)CC1. The Labute approximate surface area is 182 Å². The molecular formula is C20H28ClN3O5S. The summed E-state index contributed by atoms with van der Waals surface area (Å²) in [7, 11) is -3.81. The van der Waals surface area contributed by atoms with Gasteiger partial charge in [-0.25, -0.2) is 8.42 Å². The lowest BCUT2D eigenvalue weighted by Gasteiger charge is -2.33. The van der Waals surface area contributed by atoms with Gasteiger partial charge in [0.1, 0.15) is 4.90 Å². The van der Waals surface area contributed by atoms with Crippen LogP contribution in [0.5, 0.6) is 0 Å². The number of piperidine rings is 1. The van der Waals surface area contributed by atoms with Gasteiger partial charge in [0, 0.05) is 43.7 Å². The van der Waals surface area contributed by atoms with Crippen molar-refractivity contribution in [2.24, 2.45) is 5.92 Å². The molecule has 2 aliphatic heterocycles. The number of ether oxygens (including phenoxy) is 1. The Morgan fingerprint density at radius 1 is 1.13 bits per heavy atom. The monoisotopic (exact) mass is 457 g/mol. The van der Waals surface area contributed by atoms with E-state index in [0.29, 0.717) is 39.1 Å². The molecule has 30 heavy (non-hydrogen) atoms. The summed E-state index contributed by atoms with van der Waals surface area (Å²) >= 11 is 6.16. The first kappa shape index (κ1) is 23.0. The first-order chi connectivity index (χ1) is 14.2. The number of halogens is 1. The van der Waals surface area contributed by atoms with Gasteiger partial charge in [-0.3, -0.25) is 9.59 Å². The quantitative estimate of drug-likeness (QED) is 0.726. The molecule has 1 aromatic carbocycles. The first-order valence-corrected chi connectivity index (χ1v) is 12.0. The van der Waals surface area contributed by atoms with Crippen molar-refractivity contribution >= 4 is 33.4 Å². The van der Waals surface area contributed by atoms with Gasteiger partial charge in [0.2, 0.25) is 15.9 Å². The number of carbonyl (C=O) groups is 2. The number of amides is 2. The maximum Gasteiger partial charge on any atom is 0.251 e. The van der Waals surface area contributed by atoms with Crippen LogP contribution in [-0.4, -0.2) is 74.9 Å². The number of rotatable bonds is 5. The molecule has 0 spiro atoms. The molecule has 2 aliphatic rings. The second-order valence-corrected chi connectivity index (χ2v) is 10.2. The molecule has 2 fully saturated rings. The number of likely N-dealkylation sites (tertiary alicyclic amines) is 1. The summed E-state index contributed by atoms with van der Waals surface area (Å²) in [5, 5.41) is 3.04. The van der Waals surface area contributed by atoms with E-state index in [9.17, 15) is 18.0 Å². The van der Waals surface area contributed by atoms with E-state index in [1.165, 1.54) is 22.5 Å². The molecule has 0 unspecified atom stereocenters. The Hall–Kier alpha value is -1.68. The molecule has 0 bridgehead atoms. The van der Waals surface area contributed by atoms with E-state index < -0.39 is 10.0 Å². The number of hydrogen-bond acceptors (Lipinski definition) is 5. The summed E-state index contributed by atoms with van der Waals surface area (Å²) < 4.78 is 32.4. The third-order valence-electron chi connectivity index (χ3n) is 5.42. The van der Waals surface area contributed by atoms with Gasteiger partial charge in [-0.2, -0.15) is 4.31 Å². The van der Waals surface area contributed by atoms with Gasteiger partial charge >= 0.3 is 0 Å². The topological polar surface area (TPSA) is 96.0 Å². The van der Waals surface area contributed by atoms with Crippen LogP contribution in [0.1, 0.15) is 37.0 Å². The zero-order chi connectivity index (χ0) is 21.9. The summed E-state index contributed by atoms with van der Waals surface area (Å²) in [5.74, 6) is -0.272. The van der Waals surface area contributed by atoms with E-state index in [0.717, 1.165) is 0 Å². The van der Waals surface area contributed by atoms with E-state index in [-0.39, 0.29) is 52.3 Å². The molecule has 10 heteroatoms. The number of hydrogen-bond donors (Lipinski definition) is 1. The van der Waals surface area contributed by atoms with Crippen LogP contribution in [0.2, 0.25) is 5.02 Å². The molecule has 2 heterocycles. The maximum atomic E-state index is 12.9. The van der Waals surface area contributed by atoms with Crippen molar-refractivity contribution in [2.45, 2.75) is 37.6 Å². The number of sulfonamides is 1. The Balaban J connectivity index is 1.67. The molecule has 0 atom stereocenters. The van der Waals surface area contributed by atoms with Crippen molar-refractivity contribution in [3.05, 3.63) is 28.8 Å². The zero-order valence-electron chi connectivity index (χ0n) is 17.3. The average molecular weight is 458 g/mol. The van der Waals surface area contributed by atoms with Crippen molar-refractivity contribution in [2.75, 3.05) is 39.4 Å². The molecule has 0 saturated carbocycles. The van der Waals surface area contributed by atoms with Crippen LogP contribution in [-0.2, 0) is 19.6 Å². The molecule has 166 valence electrons. The fourth-order valence-electron chi connectivity index (χ4n) is 3.65. The first-order valence-electron chi connectivity index (χ1n) is 10.2. The smallest absolute Gasteiger partial charge is 0.251 e. The molecule has 2 amide bonds. The Bertz CT molecular complexity index is 892. The van der Waals surface area contributed by atoms with Gasteiger partial charge in [0.05, 0.1) is 18.2 Å². The van der Waals surface area contributed by atoms with Crippen LogP contribution in [0.25, 0.3) is 0 Å². The fraction of sp³-hybridized carbons (Fsp3) is 0.600. The second kappa shape index (κ2) is 9.64. The molecule has 1 N–H and O–H groups in total. The second-order valence-electron chi connectivity index (χ2n) is 7.89. The van der Waals surface area contributed by atoms with Gasteiger partial charge in [0.25, 0.3) is 5.91 Å². The number of carbonyl (C=O) groups excluding carboxylic acids is 2. The molecular weight excluding hydrogens is 430 g/mol. The minimum atomic E-state index is -3.81. The highest BCUT2D eigenvalue weighted by Crippen LogP contribution is 2.27. The lowest BCUT2D eigenvalue weighted by molar-refractivity contribution is -0.135. The predicted octanol–water partition coefficient (Wildman–Crippen LogP) is 1.74. The van der Waals surface area contributed by atoms with Crippen LogP contribution < -0.4 is 5.32 Å². The van der Waals surface area contributed by atoms with Crippen LogP contribution >= 0.6 is 11.6 Å². The summed E-state index contributed by atoms with van der Waals surface area (Å²) in [4.78, 5) is 26.6. The van der Waals surface area contributed by atoms with Gasteiger partial charge in [0.15, 0.2) is 0 Å². The summed E-state index contributed by atoms with van der Waals surface area (Å²) in [6.45, 7) is 6.10. The zero-order valence-corrected chi connectivity index (χ0v) is 18.8. The van der Waals surface area contributed by atoms with E-state index >= 15 is 0 Å². The Morgan fingerprint density at radius 3 is 2.37 bits per heavy atom. The van der Waals surface area contributed by atoms with E-state index in [2.05, 4.69) is 5.32 Å². The normalized spacial score (nSPS) is 19.1. The van der Waals surface area contributed by atoms with Crippen LogP contribution in [0, 0.1) is 5.92 Å². The highest BCUT2D eigenvalue weighted by molar-refractivity contribution is 7.89. The number of morpholine rings is 1. The molecule has 8 nitrogen and oxygen atoms in total. The standard InChI is InChI=1S/C20H28ClN3O5S/c1-14(2)20(26)23-7-5-16(6-8-23)22-19(25)15-3-4-17(21)18(13-15)30(27,28)24-9-11-29-12-10-24/h3-4,13-14,16H,5-12H2,1-2H3,(H,22,25). The van der Waals surface area contributed by atoms with Crippen molar-refractivity contribution in [3.8, 4) is 0 Å². The predicted molar refractivity (Wildman–Crippen MR) is 113 cm³/mol. The number of nitrogens with zero attached hydrogens (tertiary/aromatic N) is 2. The Kier molecular flexibility index (Phi) is 7.38. The molecule has 0 aliphatic carbocycles. The molecule has 2 saturated heterocycles. The van der Waals surface area contributed by atoms with Crippen LogP contribution in [0.15, 0.2) is 23.1 Å². The van der Waals surface area contributed by atoms with Crippen molar-refractivity contribution in [1.29, 1.82) is 0 Å². The van der Waals surface area contributed by atoms with Crippen LogP contribution in [0.3, 0.4) is 0 Å². The minimum absolute atomic E-state index is 0.0444. The van der Waals surface area contributed by atoms with Crippen molar-refractivity contribution < 1.29 is 22.7 Å². The summed E-state index contributed by atoms with van der Waals surface area (Å²) in [5.41, 5.74) is 0.243. The van der Waals surface area contributed by atoms with E-state index in [1.54, 1.807) is 0 Å². The number of nitrogens with one attached hydrogen (secondary N) is 1. The van der Waals surface area contributed by atoms with Gasteiger partial charge in [-0.15, -0.1) is 0 Å². The average Bonchev–Trinajstić information content (AvgIpc) is 2.74. The van der Waals surface area contributed by atoms with Crippen molar-refractivity contribution in [1.82, 2.24) is 14.5 Å². The summed E-state index contributed by atoms with van der Waals surface area (Å²) in [6.07, 6.45) is 1.33. The largest absolute Gasteiger partial charge is 0.379 e. The Morgan fingerprint density at radius 2 is 1.77 bits per heavy atom. The van der Waals surface area contributed by atoms with E-state index in [4.69, 9.17) is 16.3 Å². The van der Waals surface area contributed by atoms with Gasteiger partial charge in [-0.1, -0.05) is 25.4 Å². The highest BCUT2D eigenvalue weighted by atomic mass is 35.5. The third kappa shape index (κ3) is 5.14. The lowest BCUT2D eigenvalue weighted by Crippen LogP contribution is -2.47. The molecule has 0 aromatic heterocycles. The van der Waals surface area contributed by atoms with Crippen LogP contribution in [0.4, 0.5) is 0 Å². The summed E-state index contributed by atoms with van der Waals surface area (Å²) in [6, 6.07) is 4.23. The van der Waals surface area contributed by atoms with E-state index in [1.807, 2.05) is 18.7 Å².